The van der Waals surface area contributed by atoms with Gasteiger partial charge in [-0.3, -0.25) is 20.2 Å². The van der Waals surface area contributed by atoms with E-state index < -0.39 is 10.8 Å². The quantitative estimate of drug-likeness (QED) is 0.276. The Morgan fingerprint density at radius 2 is 1.88 bits per heavy atom. The fourth-order valence-electron chi connectivity index (χ4n) is 3.31. The number of thiocarbonyl (C=S) groups is 1. The second-order valence-electron chi connectivity index (χ2n) is 8.45. The van der Waals surface area contributed by atoms with Crippen molar-refractivity contribution in [2.24, 2.45) is 0 Å². The molecule has 2 aromatic rings. The van der Waals surface area contributed by atoms with Crippen molar-refractivity contribution in [3.8, 4) is 5.75 Å². The minimum atomic E-state index is -0.592. The van der Waals surface area contributed by atoms with E-state index in [1.165, 1.54) is 12.1 Å². The van der Waals surface area contributed by atoms with E-state index in [0.29, 0.717) is 37.7 Å². The Hall–Kier alpha value is -3.24. The summed E-state index contributed by atoms with van der Waals surface area (Å²) in [5.74, 6) is -0.606. The van der Waals surface area contributed by atoms with Gasteiger partial charge in [-0.25, -0.2) is 0 Å². The van der Waals surface area contributed by atoms with Crippen LogP contribution in [0.15, 0.2) is 36.4 Å². The van der Waals surface area contributed by atoms with E-state index in [-0.39, 0.29) is 27.5 Å². The van der Waals surface area contributed by atoms with Crippen molar-refractivity contribution in [3.63, 3.8) is 0 Å². The number of morpholine rings is 1. The number of benzene rings is 2. The molecule has 0 aromatic heterocycles. The number of nitro benzene ring substituents is 1. The standard InChI is InChI=1S/C22H26N4O5S/c1-22(2,3)15-5-7-19(27)16(13-15)23-21(32)24-20(28)14-4-6-17(18(12-14)26(29)30)25-8-10-31-11-9-25/h4-7,12-13,27H,8-11H2,1-3H3,(H2,23,24,28,32). The maximum atomic E-state index is 12.7. The molecule has 0 bridgehead atoms. The number of phenols is 1. The number of anilines is 2. The Kier molecular flexibility index (Phi) is 6.95. The van der Waals surface area contributed by atoms with Gasteiger partial charge in [0.25, 0.3) is 11.6 Å². The smallest absolute Gasteiger partial charge is 0.293 e. The molecule has 1 amide bonds. The molecule has 0 aliphatic carbocycles. The van der Waals surface area contributed by atoms with Crippen molar-refractivity contribution in [2.45, 2.75) is 26.2 Å². The van der Waals surface area contributed by atoms with Gasteiger partial charge < -0.3 is 20.1 Å². The highest BCUT2D eigenvalue weighted by atomic mass is 32.1. The number of nitrogens with zero attached hydrogens (tertiary/aromatic N) is 2. The number of amides is 1. The predicted molar refractivity (Wildman–Crippen MR) is 127 cm³/mol. The largest absolute Gasteiger partial charge is 0.506 e. The molecule has 0 atom stereocenters. The number of ether oxygens (including phenoxy) is 1. The van der Waals surface area contributed by atoms with Crippen LogP contribution in [0, 0.1) is 10.1 Å². The van der Waals surface area contributed by atoms with Crippen molar-refractivity contribution >= 4 is 40.3 Å². The fraction of sp³-hybridized carbons (Fsp3) is 0.364. The molecule has 1 heterocycles. The molecule has 0 saturated carbocycles. The maximum Gasteiger partial charge on any atom is 0.293 e. The lowest BCUT2D eigenvalue weighted by atomic mass is 9.87. The number of hydrogen-bond acceptors (Lipinski definition) is 7. The number of rotatable bonds is 4. The third-order valence-corrected chi connectivity index (χ3v) is 5.33. The second kappa shape index (κ2) is 9.49. The number of aromatic hydroxyl groups is 1. The lowest BCUT2D eigenvalue weighted by molar-refractivity contribution is -0.384. The van der Waals surface area contributed by atoms with Crippen molar-refractivity contribution in [3.05, 3.63) is 57.6 Å². The van der Waals surface area contributed by atoms with Crippen LogP contribution in [0.1, 0.15) is 36.7 Å². The lowest BCUT2D eigenvalue weighted by Gasteiger charge is -2.28. The highest BCUT2D eigenvalue weighted by molar-refractivity contribution is 7.80. The second-order valence-corrected chi connectivity index (χ2v) is 8.86. The molecule has 10 heteroatoms. The average molecular weight is 459 g/mol. The summed E-state index contributed by atoms with van der Waals surface area (Å²) in [6, 6.07) is 9.45. The van der Waals surface area contributed by atoms with Crippen LogP contribution in [-0.4, -0.2) is 47.4 Å². The summed E-state index contributed by atoms with van der Waals surface area (Å²) >= 11 is 5.21. The number of hydrogen-bond donors (Lipinski definition) is 3. The van der Waals surface area contributed by atoms with Gasteiger partial charge in [0.1, 0.15) is 11.4 Å². The van der Waals surface area contributed by atoms with Crippen LogP contribution in [0.3, 0.4) is 0 Å². The third kappa shape index (κ3) is 5.51. The number of nitro groups is 1. The zero-order chi connectivity index (χ0) is 23.5. The molecule has 3 rings (SSSR count). The molecule has 0 spiro atoms. The van der Waals surface area contributed by atoms with E-state index >= 15 is 0 Å². The average Bonchev–Trinajstić information content (AvgIpc) is 2.74. The van der Waals surface area contributed by atoms with E-state index in [0.717, 1.165) is 5.56 Å². The molecule has 1 fully saturated rings. The van der Waals surface area contributed by atoms with E-state index in [9.17, 15) is 20.0 Å². The minimum absolute atomic E-state index is 0.0138. The van der Waals surface area contributed by atoms with E-state index in [4.69, 9.17) is 17.0 Å². The molecule has 0 radical (unpaired) electrons. The Bertz CT molecular complexity index is 1050. The molecule has 0 unspecified atom stereocenters. The molecule has 3 N–H and O–H groups in total. The summed E-state index contributed by atoms with van der Waals surface area (Å²) in [5, 5.41) is 27.0. The van der Waals surface area contributed by atoms with Gasteiger partial charge >= 0.3 is 0 Å². The Morgan fingerprint density at radius 3 is 2.50 bits per heavy atom. The number of carbonyl (C=O) groups excluding carboxylic acids is 1. The summed E-state index contributed by atoms with van der Waals surface area (Å²) in [6.45, 7) is 8.17. The first-order valence-corrected chi connectivity index (χ1v) is 10.5. The fourth-order valence-corrected chi connectivity index (χ4v) is 3.52. The highest BCUT2D eigenvalue weighted by Crippen LogP contribution is 2.31. The van der Waals surface area contributed by atoms with Crippen LogP contribution in [-0.2, 0) is 10.2 Å². The Balaban J connectivity index is 1.75. The van der Waals surface area contributed by atoms with Crippen molar-refractivity contribution in [1.29, 1.82) is 0 Å². The number of carbonyl (C=O) groups is 1. The lowest BCUT2D eigenvalue weighted by Crippen LogP contribution is -2.37. The molecule has 170 valence electrons. The SMILES string of the molecule is CC(C)(C)c1ccc(O)c(NC(=S)NC(=O)c2ccc(N3CCOCC3)c([N+](=O)[O-])c2)c1. The Morgan fingerprint density at radius 1 is 1.19 bits per heavy atom. The van der Waals surface area contributed by atoms with Crippen LogP contribution >= 0.6 is 12.2 Å². The van der Waals surface area contributed by atoms with Crippen LogP contribution < -0.4 is 15.5 Å². The topological polar surface area (TPSA) is 117 Å². The van der Waals surface area contributed by atoms with Gasteiger partial charge in [0.15, 0.2) is 5.11 Å². The van der Waals surface area contributed by atoms with Gasteiger partial charge in [-0.05, 0) is 47.5 Å². The molecule has 32 heavy (non-hydrogen) atoms. The summed E-state index contributed by atoms with van der Waals surface area (Å²) in [5.41, 5.74) is 1.58. The van der Waals surface area contributed by atoms with E-state index in [1.54, 1.807) is 18.2 Å². The third-order valence-electron chi connectivity index (χ3n) is 5.12. The number of nitrogens with one attached hydrogen (secondary N) is 2. The summed E-state index contributed by atoms with van der Waals surface area (Å²) in [7, 11) is 0. The van der Waals surface area contributed by atoms with Gasteiger partial charge in [-0.2, -0.15) is 0 Å². The molecular weight excluding hydrogens is 432 g/mol. The summed E-state index contributed by atoms with van der Waals surface area (Å²) < 4.78 is 5.30. The summed E-state index contributed by atoms with van der Waals surface area (Å²) in [4.78, 5) is 25.6. The minimum Gasteiger partial charge on any atom is -0.506 e. The van der Waals surface area contributed by atoms with Crippen LogP contribution in [0.25, 0.3) is 0 Å². The molecule has 1 aliphatic rings. The van der Waals surface area contributed by atoms with Crippen molar-refractivity contribution in [1.82, 2.24) is 5.32 Å². The van der Waals surface area contributed by atoms with Gasteiger partial charge in [-0.15, -0.1) is 0 Å². The van der Waals surface area contributed by atoms with Crippen LogP contribution in [0.4, 0.5) is 17.1 Å². The molecular formula is C22H26N4O5S. The normalized spacial score (nSPS) is 14.0. The van der Waals surface area contributed by atoms with Gasteiger partial charge in [-0.1, -0.05) is 26.8 Å². The highest BCUT2D eigenvalue weighted by Gasteiger charge is 2.24. The van der Waals surface area contributed by atoms with Gasteiger partial charge in [0.2, 0.25) is 0 Å². The monoisotopic (exact) mass is 458 g/mol. The van der Waals surface area contributed by atoms with Crippen LogP contribution in [0.5, 0.6) is 5.75 Å². The van der Waals surface area contributed by atoms with E-state index in [1.807, 2.05) is 31.7 Å². The Labute approximate surface area is 191 Å². The molecule has 1 aliphatic heterocycles. The first-order valence-electron chi connectivity index (χ1n) is 10.1. The van der Waals surface area contributed by atoms with Gasteiger partial charge in [0, 0.05) is 24.7 Å². The van der Waals surface area contributed by atoms with Crippen molar-refractivity contribution in [2.75, 3.05) is 36.5 Å². The van der Waals surface area contributed by atoms with Crippen LogP contribution in [0.2, 0.25) is 0 Å². The molecule has 1 saturated heterocycles. The first kappa shape index (κ1) is 23.4. The maximum absolute atomic E-state index is 12.7. The summed E-state index contributed by atoms with van der Waals surface area (Å²) in [6.07, 6.45) is 0. The predicted octanol–water partition coefficient (Wildman–Crippen LogP) is 3.56. The zero-order valence-corrected chi connectivity index (χ0v) is 19.0. The van der Waals surface area contributed by atoms with Gasteiger partial charge in [0.05, 0.1) is 23.8 Å². The van der Waals surface area contributed by atoms with E-state index in [2.05, 4.69) is 10.6 Å². The first-order chi connectivity index (χ1) is 15.1. The van der Waals surface area contributed by atoms with Crippen molar-refractivity contribution < 1.29 is 19.6 Å². The zero-order valence-electron chi connectivity index (χ0n) is 18.2. The number of phenolic OH excluding ortho intramolecular Hbond substituents is 1. The molecule has 2 aromatic carbocycles. The molecule has 9 nitrogen and oxygen atoms in total.